The van der Waals surface area contributed by atoms with Gasteiger partial charge in [-0.2, -0.15) is 0 Å². The molecule has 9 nitrogen and oxygen atoms in total. The summed E-state index contributed by atoms with van der Waals surface area (Å²) in [7, 11) is -3.12. The molecule has 0 saturated heterocycles. The first kappa shape index (κ1) is 34.7. The van der Waals surface area contributed by atoms with E-state index in [9.17, 15) is 22.8 Å². The van der Waals surface area contributed by atoms with Crippen LogP contribution in [0.5, 0.6) is 0 Å². The molecule has 0 fully saturated rings. The topological polar surface area (TPSA) is 119 Å². The number of ketones is 1. The number of ether oxygens (including phenoxy) is 2. The van der Waals surface area contributed by atoms with Gasteiger partial charge >= 0.3 is 12.1 Å². The molecular formula is C34H34Cl2N2O7S. The molecule has 0 aliphatic carbocycles. The van der Waals surface area contributed by atoms with Gasteiger partial charge in [0.1, 0.15) is 12.1 Å². The predicted molar refractivity (Wildman–Crippen MR) is 179 cm³/mol. The van der Waals surface area contributed by atoms with Crippen LogP contribution in [0, 0.1) is 0 Å². The van der Waals surface area contributed by atoms with E-state index in [0.29, 0.717) is 29.3 Å². The van der Waals surface area contributed by atoms with Gasteiger partial charge in [-0.3, -0.25) is 13.9 Å². The smallest absolute Gasteiger partial charge is 0.407 e. The minimum Gasteiger partial charge on any atom is -0.468 e. The molecule has 0 heterocycles. The monoisotopic (exact) mass is 684 g/mol. The summed E-state index contributed by atoms with van der Waals surface area (Å²) in [4.78, 5) is 37.3. The molecule has 0 atom stereocenters. The van der Waals surface area contributed by atoms with E-state index in [4.69, 9.17) is 32.7 Å². The fraction of sp³-hybridized carbons (Fsp3) is 0.265. The van der Waals surface area contributed by atoms with Crippen LogP contribution >= 0.6 is 23.2 Å². The highest BCUT2D eigenvalue weighted by molar-refractivity contribution is 7.92. The Morgan fingerprint density at radius 3 is 2.15 bits per heavy atom. The summed E-state index contributed by atoms with van der Waals surface area (Å²) in [5, 5.41) is 4.22. The number of amides is 1. The Morgan fingerprint density at radius 2 is 1.52 bits per heavy atom. The minimum atomic E-state index is -4.29. The van der Waals surface area contributed by atoms with Crippen LogP contribution in [0.1, 0.15) is 48.7 Å². The molecule has 242 valence electrons. The van der Waals surface area contributed by atoms with Gasteiger partial charge < -0.3 is 14.8 Å². The third-order valence-corrected chi connectivity index (χ3v) is 9.06. The van der Waals surface area contributed by atoms with E-state index in [0.717, 1.165) is 15.4 Å². The number of methoxy groups -OCH3 is 1. The van der Waals surface area contributed by atoms with Crippen LogP contribution in [-0.2, 0) is 37.3 Å². The van der Waals surface area contributed by atoms with Gasteiger partial charge in [-0.1, -0.05) is 71.7 Å². The number of nitrogens with one attached hydrogen (secondary N) is 1. The van der Waals surface area contributed by atoms with Crippen molar-refractivity contribution in [2.24, 2.45) is 0 Å². The fourth-order valence-corrected chi connectivity index (χ4v) is 6.80. The molecule has 0 spiro atoms. The number of rotatable bonds is 11. The number of fused-ring (bicyclic) bond motifs is 1. The van der Waals surface area contributed by atoms with E-state index in [1.54, 1.807) is 51.1 Å². The minimum absolute atomic E-state index is 0.0818. The molecule has 0 aliphatic heterocycles. The third-order valence-electron chi connectivity index (χ3n) is 6.88. The number of nitrogens with zero attached hydrogens (tertiary/aromatic N) is 1. The van der Waals surface area contributed by atoms with Gasteiger partial charge in [-0.25, -0.2) is 13.2 Å². The van der Waals surface area contributed by atoms with Crippen molar-refractivity contribution in [3.63, 3.8) is 0 Å². The number of sulfonamides is 1. The van der Waals surface area contributed by atoms with Crippen LogP contribution in [0.25, 0.3) is 10.8 Å². The third kappa shape index (κ3) is 8.99. The summed E-state index contributed by atoms with van der Waals surface area (Å²) in [5.74, 6) is -0.852. The highest BCUT2D eigenvalue weighted by Gasteiger charge is 2.29. The molecular weight excluding hydrogens is 651 g/mol. The van der Waals surface area contributed by atoms with Gasteiger partial charge in [-0.05, 0) is 79.4 Å². The Bertz CT molecular complexity index is 1850. The second kappa shape index (κ2) is 14.5. The van der Waals surface area contributed by atoms with Crippen LogP contribution in [0.2, 0.25) is 10.0 Å². The Morgan fingerprint density at radius 1 is 0.870 bits per heavy atom. The molecule has 0 aliphatic rings. The normalized spacial score (nSPS) is 11.6. The van der Waals surface area contributed by atoms with Crippen molar-refractivity contribution in [1.29, 1.82) is 0 Å². The zero-order valence-electron chi connectivity index (χ0n) is 25.8. The van der Waals surface area contributed by atoms with Gasteiger partial charge in [-0.15, -0.1) is 0 Å². The van der Waals surface area contributed by atoms with Crippen LogP contribution in [0.15, 0.2) is 83.8 Å². The van der Waals surface area contributed by atoms with Crippen molar-refractivity contribution in [2.45, 2.75) is 50.7 Å². The number of carbonyl (C=O) groups excluding carboxylic acids is 3. The maximum atomic E-state index is 13.7. The van der Waals surface area contributed by atoms with Crippen molar-refractivity contribution >= 4 is 67.5 Å². The molecule has 1 N–H and O–H groups in total. The Balaban J connectivity index is 1.51. The number of Topliss-reactive ketones (excluding diaryl/α,β-unsaturated/α-hetero) is 1. The summed E-state index contributed by atoms with van der Waals surface area (Å²) < 4.78 is 38.3. The zero-order valence-corrected chi connectivity index (χ0v) is 28.1. The number of anilines is 1. The number of hydrogen-bond acceptors (Lipinski definition) is 7. The van der Waals surface area contributed by atoms with Gasteiger partial charge in [0.05, 0.1) is 17.7 Å². The fourth-order valence-electron chi connectivity index (χ4n) is 4.68. The van der Waals surface area contributed by atoms with Gasteiger partial charge in [0.15, 0.2) is 5.78 Å². The predicted octanol–water partition coefficient (Wildman–Crippen LogP) is 7.36. The van der Waals surface area contributed by atoms with Crippen molar-refractivity contribution in [3.05, 3.63) is 106 Å². The number of carbonyl (C=O) groups is 3. The standard InChI is InChI=1S/C34H34Cl2N2O7S/c1-34(2,3)45-33(41)37-20-23-10-8-22(9-11-23)12-15-31(39)30-7-5-6-24-16-27(13-14-29(24)30)38(21-32(40)44-4)46(42,43)28-18-25(35)17-26(36)19-28/h5-11,13-14,16-19H,12,15,20-21H2,1-4H3,(H,37,41). The number of aryl methyl sites for hydroxylation is 1. The highest BCUT2D eigenvalue weighted by Crippen LogP contribution is 2.31. The van der Waals surface area contributed by atoms with Gasteiger partial charge in [0.2, 0.25) is 0 Å². The number of esters is 1. The van der Waals surface area contributed by atoms with Crippen molar-refractivity contribution in [2.75, 3.05) is 18.0 Å². The second-order valence-corrected chi connectivity index (χ2v) is 14.2. The second-order valence-electron chi connectivity index (χ2n) is 11.5. The Labute approximate surface area is 278 Å². The average molecular weight is 686 g/mol. The molecule has 0 saturated carbocycles. The van der Waals surface area contributed by atoms with E-state index in [1.165, 1.54) is 31.4 Å². The van der Waals surface area contributed by atoms with Gasteiger partial charge in [0.25, 0.3) is 10.0 Å². The van der Waals surface area contributed by atoms with Crippen LogP contribution < -0.4 is 9.62 Å². The lowest BCUT2D eigenvalue weighted by molar-refractivity contribution is -0.138. The SMILES string of the molecule is COC(=O)CN(c1ccc2c(C(=O)CCc3ccc(CNC(=O)OC(C)(C)C)cc3)cccc2c1)S(=O)(=O)c1cc(Cl)cc(Cl)c1. The lowest BCUT2D eigenvalue weighted by Crippen LogP contribution is -2.36. The lowest BCUT2D eigenvalue weighted by Gasteiger charge is -2.24. The zero-order chi connectivity index (χ0) is 33.6. The van der Waals surface area contributed by atoms with Gasteiger partial charge in [0, 0.05) is 28.6 Å². The van der Waals surface area contributed by atoms with Crippen LogP contribution in [-0.4, -0.2) is 45.5 Å². The summed E-state index contributed by atoms with van der Waals surface area (Å²) >= 11 is 12.1. The molecule has 0 radical (unpaired) electrons. The largest absolute Gasteiger partial charge is 0.468 e. The molecule has 46 heavy (non-hydrogen) atoms. The van der Waals surface area contributed by atoms with E-state index in [-0.39, 0.29) is 32.8 Å². The first-order valence-corrected chi connectivity index (χ1v) is 16.5. The Hall–Kier alpha value is -4.12. The summed E-state index contributed by atoms with van der Waals surface area (Å²) in [6.45, 7) is 5.12. The van der Waals surface area contributed by atoms with E-state index >= 15 is 0 Å². The number of alkyl carbamates (subject to hydrolysis) is 1. The molecule has 0 bridgehead atoms. The van der Waals surface area contributed by atoms with E-state index in [1.807, 2.05) is 24.3 Å². The molecule has 4 rings (SSSR count). The van der Waals surface area contributed by atoms with Crippen LogP contribution in [0.4, 0.5) is 10.5 Å². The first-order valence-electron chi connectivity index (χ1n) is 14.3. The molecule has 0 unspecified atom stereocenters. The quantitative estimate of drug-likeness (QED) is 0.130. The average Bonchev–Trinajstić information content (AvgIpc) is 2.99. The van der Waals surface area contributed by atoms with E-state index in [2.05, 4.69) is 5.32 Å². The lowest BCUT2D eigenvalue weighted by atomic mass is 9.97. The summed E-state index contributed by atoms with van der Waals surface area (Å²) in [5.41, 5.74) is 1.96. The maximum absolute atomic E-state index is 13.7. The maximum Gasteiger partial charge on any atom is 0.407 e. The number of benzene rings is 4. The van der Waals surface area contributed by atoms with Crippen molar-refractivity contribution in [3.8, 4) is 0 Å². The first-order chi connectivity index (χ1) is 21.7. The molecule has 12 heteroatoms. The summed E-state index contributed by atoms with van der Waals surface area (Å²) in [6, 6.07) is 21.5. The number of halogens is 2. The Kier molecular flexibility index (Phi) is 11.0. The van der Waals surface area contributed by atoms with E-state index < -0.39 is 34.2 Å². The van der Waals surface area contributed by atoms with Crippen LogP contribution in [0.3, 0.4) is 0 Å². The molecule has 4 aromatic carbocycles. The molecule has 0 aromatic heterocycles. The highest BCUT2D eigenvalue weighted by atomic mass is 35.5. The summed E-state index contributed by atoms with van der Waals surface area (Å²) in [6.07, 6.45) is 0.253. The number of hydrogen-bond donors (Lipinski definition) is 1. The van der Waals surface area contributed by atoms with Crippen molar-refractivity contribution in [1.82, 2.24) is 5.32 Å². The molecule has 4 aromatic rings. The van der Waals surface area contributed by atoms with Crippen molar-refractivity contribution < 1.29 is 32.3 Å². The molecule has 1 amide bonds.